The average molecular weight is 1060 g/mol. The van der Waals surface area contributed by atoms with Crippen LogP contribution in [0.5, 0.6) is 5.88 Å². The third-order valence-electron chi connectivity index (χ3n) is 14.0. The maximum Gasteiger partial charge on any atom is 0.274 e. The van der Waals surface area contributed by atoms with Gasteiger partial charge in [-0.3, -0.25) is 14.4 Å². The van der Waals surface area contributed by atoms with Gasteiger partial charge >= 0.3 is 0 Å². The Hall–Kier alpha value is -7.30. The number of thiazole rings is 1. The number of rotatable bonds is 17. The number of hydrogen-bond donors (Lipinski definition) is 3. The number of amidine groups is 1. The Bertz CT molecular complexity index is 3550. The number of nitrogens with one attached hydrogen (secondary N) is 3. The fourth-order valence-electron chi connectivity index (χ4n) is 10.3. The number of benzene rings is 2. The van der Waals surface area contributed by atoms with Crippen molar-refractivity contribution in [2.45, 2.75) is 89.8 Å². The van der Waals surface area contributed by atoms with Crippen LogP contribution in [0.1, 0.15) is 97.3 Å². The Morgan fingerprint density at radius 1 is 1.07 bits per heavy atom. The van der Waals surface area contributed by atoms with Crippen molar-refractivity contribution in [1.82, 2.24) is 40.4 Å². The molecule has 1 saturated heterocycles. The number of carbonyl (C=O) groups excluding carboxylic acids is 2. The summed E-state index contributed by atoms with van der Waals surface area (Å²) >= 11 is 1.59. The van der Waals surface area contributed by atoms with Crippen LogP contribution >= 0.6 is 11.3 Å². The number of nitrogens with zero attached hydrogens (tertiary/aromatic N) is 7. The molecule has 3 atom stereocenters. The van der Waals surface area contributed by atoms with Crippen molar-refractivity contribution < 1.29 is 40.9 Å². The van der Waals surface area contributed by atoms with Gasteiger partial charge in [-0.2, -0.15) is 0 Å². The number of aryl methyl sites for hydroxylation is 2. The summed E-state index contributed by atoms with van der Waals surface area (Å²) in [7, 11) is -2.10. The minimum atomic E-state index is -3.69. The van der Waals surface area contributed by atoms with Crippen molar-refractivity contribution in [1.29, 1.82) is 0 Å². The molecule has 18 nitrogen and oxygen atoms in total. The number of aromatic nitrogens is 5. The molecule has 0 aliphatic carbocycles. The molecule has 1 fully saturated rings. The number of H-pyrrole nitrogens is 1. The lowest BCUT2D eigenvalue weighted by atomic mass is 9.91. The molecule has 392 valence electrons. The van der Waals surface area contributed by atoms with Crippen LogP contribution in [0.4, 0.5) is 20.3 Å². The molecule has 1 unspecified atom stereocenters. The van der Waals surface area contributed by atoms with Crippen LogP contribution in [0.15, 0.2) is 86.9 Å². The second kappa shape index (κ2) is 20.4. The molecule has 3 aliphatic rings. The number of unbranched alkanes of at least 4 members (excludes halogenated alkanes) is 2. The van der Waals surface area contributed by atoms with Crippen LogP contribution in [-0.4, -0.2) is 87.6 Å². The van der Waals surface area contributed by atoms with E-state index < -0.39 is 44.8 Å². The predicted octanol–water partition coefficient (Wildman–Crippen LogP) is 8.34. The number of fused-ring (bicyclic) bond motifs is 2. The van der Waals surface area contributed by atoms with Crippen LogP contribution in [0.3, 0.4) is 0 Å². The van der Waals surface area contributed by atoms with Gasteiger partial charge in [0.1, 0.15) is 23.1 Å². The van der Waals surface area contributed by atoms with Gasteiger partial charge in [0.2, 0.25) is 11.6 Å². The molecule has 8 heterocycles. The molecule has 7 aromatic rings. The second-order valence-corrected chi connectivity index (χ2v) is 22.8. The van der Waals surface area contributed by atoms with Gasteiger partial charge < -0.3 is 33.9 Å². The number of hydrogen-bond acceptors (Lipinski definition) is 15. The number of halogens is 2. The van der Waals surface area contributed by atoms with Gasteiger partial charge in [0.05, 0.1) is 52.9 Å². The van der Waals surface area contributed by atoms with E-state index in [1.807, 2.05) is 62.4 Å². The molecule has 2 aromatic carbocycles. The molecule has 10 rings (SSSR count). The van der Waals surface area contributed by atoms with Gasteiger partial charge in [0.25, 0.3) is 17.3 Å². The van der Waals surface area contributed by atoms with Gasteiger partial charge in [-0.05, 0) is 85.8 Å². The summed E-state index contributed by atoms with van der Waals surface area (Å²) in [5, 5.41) is 7.60. The van der Waals surface area contributed by atoms with Gasteiger partial charge in [-0.15, -0.1) is 11.3 Å². The summed E-state index contributed by atoms with van der Waals surface area (Å²) in [6.07, 6.45) is 8.47. The lowest BCUT2D eigenvalue weighted by Crippen LogP contribution is -2.46. The Morgan fingerprint density at radius 2 is 1.87 bits per heavy atom. The number of aliphatic imine (C=N–C) groups is 1. The smallest absolute Gasteiger partial charge is 0.274 e. The summed E-state index contributed by atoms with van der Waals surface area (Å²) in [6.45, 7) is 8.85. The number of aromatic amines is 1. The van der Waals surface area contributed by atoms with E-state index in [9.17, 15) is 27.2 Å². The maximum atomic E-state index is 15.6. The number of hydroxylamine groups is 1. The van der Waals surface area contributed by atoms with Crippen LogP contribution < -0.4 is 26.0 Å². The molecule has 0 saturated carbocycles. The first-order valence-corrected chi connectivity index (χ1v) is 27.7. The Labute approximate surface area is 435 Å². The molecule has 3 N–H and O–H groups in total. The van der Waals surface area contributed by atoms with Crippen molar-refractivity contribution in [2.75, 3.05) is 30.9 Å². The zero-order valence-corrected chi connectivity index (χ0v) is 43.8. The molecule has 3 aliphatic heterocycles. The van der Waals surface area contributed by atoms with Crippen molar-refractivity contribution in [2.24, 2.45) is 18.0 Å². The number of likely N-dealkylation sites (tertiary alicyclic amines) is 1. The largest absolute Gasteiger partial charge is 0.476 e. The highest BCUT2D eigenvalue weighted by atomic mass is 32.2. The summed E-state index contributed by atoms with van der Waals surface area (Å²) in [6, 6.07) is 13.2. The summed E-state index contributed by atoms with van der Waals surface area (Å²) < 4.78 is 68.5. The number of sulfone groups is 1. The molecule has 22 heteroatoms. The number of pyridine rings is 2. The molecule has 5 aromatic heterocycles. The summed E-state index contributed by atoms with van der Waals surface area (Å²) in [4.78, 5) is 68.6. The molecule has 2 amide bonds. The highest BCUT2D eigenvalue weighted by molar-refractivity contribution is 7.89. The first kappa shape index (κ1) is 51.2. The predicted molar refractivity (Wildman–Crippen MR) is 279 cm³/mol. The first-order chi connectivity index (χ1) is 35.9. The molecule has 0 bridgehead atoms. The van der Waals surface area contributed by atoms with Crippen LogP contribution in [0.2, 0.25) is 0 Å². The normalized spacial score (nSPS) is 17.8. The van der Waals surface area contributed by atoms with Crippen molar-refractivity contribution >= 4 is 61.2 Å². The number of amides is 2. The standard InChI is InChI=1S/C53H56F2N10O8S2/c1-29(2)44(51(67)64-17-10-11-40(64)48-60-53(4,73-62-48)34-14-12-31(13-15-34)47-30(3)59-28-74-47)42-22-43(61-72-42)71-18-9-7-8-16-56-50(66)36-21-41-37(19-32(36)27-75(6,69)70)38-26-63(5)52(68)46-45(38)33(23-57-46)25-65(41)49-39(55)20-35(54)24-58-49/h12-15,19-24,26,28-29,40,44,57H,7-11,16-18,25,27H2,1-6H3,(H,56,66)(H,60,62)/t40-,44?,53+/m0/s1. The van der Waals surface area contributed by atoms with Crippen molar-refractivity contribution in [3.8, 4) is 27.4 Å². The lowest BCUT2D eigenvalue weighted by Gasteiger charge is -2.29. The molecule has 0 spiro atoms. The monoisotopic (exact) mass is 1060 g/mol. The maximum absolute atomic E-state index is 15.6. The molecule has 75 heavy (non-hydrogen) atoms. The van der Waals surface area contributed by atoms with E-state index in [1.54, 1.807) is 42.9 Å². The van der Waals surface area contributed by atoms with Gasteiger partial charge in [0, 0.05) is 78.6 Å². The second-order valence-electron chi connectivity index (χ2n) is 19.8. The van der Waals surface area contributed by atoms with Crippen LogP contribution in [-0.2, 0) is 44.5 Å². The Balaban J connectivity index is 0.773. The zero-order chi connectivity index (χ0) is 52.9. The summed E-state index contributed by atoms with van der Waals surface area (Å²) in [5.41, 5.74) is 8.94. The molecular weight excluding hydrogens is 1010 g/mol. The molecule has 0 radical (unpaired) electrons. The van der Waals surface area contributed by atoms with Gasteiger partial charge in [-0.1, -0.05) is 38.1 Å². The number of ether oxygens (including phenoxy) is 1. The van der Waals surface area contributed by atoms with E-state index in [2.05, 4.69) is 30.9 Å². The van der Waals surface area contributed by atoms with E-state index in [1.165, 1.54) is 15.5 Å². The quantitative estimate of drug-likeness (QED) is 0.0732. The average Bonchev–Trinajstić information content (AvgIpc) is 4.25. The van der Waals surface area contributed by atoms with E-state index in [0.29, 0.717) is 83.2 Å². The van der Waals surface area contributed by atoms with Crippen molar-refractivity contribution in [3.63, 3.8) is 0 Å². The SMILES string of the molecule is Cc1ncsc1-c1ccc([C@]2(C)N=C([C@@H]3CCCN3C(=O)C(c3cc(OCCCCCNC(=O)c4cc5c(cc4CS(C)(=O)=O)-c4cn(C)c(=O)c6[nH]cc(c46)CN5c4ncc(F)cc4F)no3)C(C)C)NO2)cc1. The summed E-state index contributed by atoms with van der Waals surface area (Å²) in [5.74, 6) is -2.73. The van der Waals surface area contributed by atoms with E-state index >= 15 is 4.39 Å². The van der Waals surface area contributed by atoms with Gasteiger partial charge in [-0.25, -0.2) is 42.5 Å². The third kappa shape index (κ3) is 10.2. The molecular formula is C53H56F2N10O8S2. The number of carbonyl (C=O) groups is 2. The third-order valence-corrected chi connectivity index (χ3v) is 15.8. The highest BCUT2D eigenvalue weighted by Crippen LogP contribution is 2.45. The fraction of sp³-hybridized carbons (Fsp3) is 0.377. The van der Waals surface area contributed by atoms with E-state index in [-0.39, 0.29) is 65.9 Å². The minimum absolute atomic E-state index is 0.0145. The Kier molecular flexibility index (Phi) is 13.9. The van der Waals surface area contributed by atoms with E-state index in [4.69, 9.17) is 19.1 Å². The number of anilines is 2. The van der Waals surface area contributed by atoms with E-state index in [0.717, 1.165) is 40.6 Å². The topological polar surface area (TPSA) is 219 Å². The first-order valence-electron chi connectivity index (χ1n) is 24.7. The van der Waals surface area contributed by atoms with Crippen LogP contribution in [0, 0.1) is 24.5 Å². The van der Waals surface area contributed by atoms with Crippen LogP contribution in [0.25, 0.3) is 32.5 Å². The van der Waals surface area contributed by atoms with Crippen molar-refractivity contribution in [3.05, 3.63) is 128 Å². The zero-order valence-electron chi connectivity index (χ0n) is 42.2. The van der Waals surface area contributed by atoms with Gasteiger partial charge in [0.15, 0.2) is 27.2 Å². The fourth-order valence-corrected chi connectivity index (χ4v) is 11.9. The Morgan fingerprint density at radius 3 is 2.60 bits per heavy atom. The lowest BCUT2D eigenvalue weighted by molar-refractivity contribution is -0.134. The minimum Gasteiger partial charge on any atom is -0.476 e. The highest BCUT2D eigenvalue weighted by Gasteiger charge is 2.44.